The molecule has 0 unspecified atom stereocenters. The van der Waals surface area contributed by atoms with Crippen LogP contribution in [0.2, 0.25) is 0 Å². The molecule has 1 aromatic rings. The molecular weight excluding hydrogens is 240 g/mol. The maximum absolute atomic E-state index is 5.02. The van der Waals surface area contributed by atoms with Crippen molar-refractivity contribution < 1.29 is 4.84 Å². The first kappa shape index (κ1) is 10.1. The van der Waals surface area contributed by atoms with Gasteiger partial charge in [0.05, 0.1) is 16.6 Å². The third-order valence-corrected chi connectivity index (χ3v) is 3.34. The summed E-state index contributed by atoms with van der Waals surface area (Å²) >= 11 is 4.96. The number of rotatable bonds is 3. The van der Waals surface area contributed by atoms with Crippen molar-refractivity contribution in [2.24, 2.45) is 5.90 Å². The van der Waals surface area contributed by atoms with Crippen molar-refractivity contribution in [2.75, 3.05) is 6.61 Å². The van der Waals surface area contributed by atoms with Gasteiger partial charge in [-0.05, 0) is 15.9 Å². The van der Waals surface area contributed by atoms with Gasteiger partial charge in [-0.2, -0.15) is 0 Å². The summed E-state index contributed by atoms with van der Waals surface area (Å²) in [5.41, 5.74) is -0.106. The highest BCUT2D eigenvalue weighted by Crippen LogP contribution is 2.29. The first-order valence-corrected chi connectivity index (χ1v) is 5.11. The molecule has 12 heavy (non-hydrogen) atoms. The molecule has 5 heteroatoms. The molecule has 0 bridgehead atoms. The van der Waals surface area contributed by atoms with Gasteiger partial charge in [0, 0.05) is 5.41 Å². The van der Waals surface area contributed by atoms with Gasteiger partial charge in [0.1, 0.15) is 5.01 Å². The number of nitrogens with two attached hydrogens (primary N) is 1. The van der Waals surface area contributed by atoms with E-state index in [4.69, 9.17) is 5.90 Å². The zero-order valence-electron chi connectivity index (χ0n) is 7.00. The second kappa shape index (κ2) is 3.83. The Morgan fingerprint density at radius 2 is 2.42 bits per heavy atom. The van der Waals surface area contributed by atoms with E-state index in [0.29, 0.717) is 6.61 Å². The third kappa shape index (κ3) is 2.26. The van der Waals surface area contributed by atoms with Crippen molar-refractivity contribution in [3.8, 4) is 0 Å². The molecule has 0 atom stereocenters. The van der Waals surface area contributed by atoms with Gasteiger partial charge in [0.15, 0.2) is 0 Å². The van der Waals surface area contributed by atoms with E-state index in [1.807, 2.05) is 13.8 Å². The van der Waals surface area contributed by atoms with E-state index >= 15 is 0 Å². The highest BCUT2D eigenvalue weighted by atomic mass is 79.9. The summed E-state index contributed by atoms with van der Waals surface area (Å²) in [4.78, 5) is 8.86. The predicted molar refractivity (Wildman–Crippen MR) is 53.0 cm³/mol. The Labute approximate surface area is 84.0 Å². The SMILES string of the molecule is CC(C)(CON)c1ncc(Br)s1. The van der Waals surface area contributed by atoms with E-state index in [-0.39, 0.29) is 5.41 Å². The van der Waals surface area contributed by atoms with Crippen LogP contribution >= 0.6 is 27.3 Å². The van der Waals surface area contributed by atoms with Gasteiger partial charge < -0.3 is 4.84 Å². The van der Waals surface area contributed by atoms with E-state index < -0.39 is 0 Å². The average Bonchev–Trinajstić information content (AvgIpc) is 2.36. The van der Waals surface area contributed by atoms with Crippen LogP contribution in [0.4, 0.5) is 0 Å². The van der Waals surface area contributed by atoms with Gasteiger partial charge >= 0.3 is 0 Å². The first-order valence-electron chi connectivity index (χ1n) is 3.50. The summed E-state index contributed by atoms with van der Waals surface area (Å²) in [5.74, 6) is 5.02. The van der Waals surface area contributed by atoms with Crippen molar-refractivity contribution in [3.63, 3.8) is 0 Å². The smallest absolute Gasteiger partial charge is 0.102 e. The summed E-state index contributed by atoms with van der Waals surface area (Å²) in [6.07, 6.45) is 1.79. The third-order valence-electron chi connectivity index (χ3n) is 1.50. The van der Waals surface area contributed by atoms with Crippen LogP contribution in [-0.2, 0) is 10.3 Å². The van der Waals surface area contributed by atoms with Gasteiger partial charge in [-0.15, -0.1) is 11.3 Å². The first-order chi connectivity index (χ1) is 5.56. The average molecular weight is 251 g/mol. The fraction of sp³-hybridized carbons (Fsp3) is 0.571. The Bertz CT molecular complexity index is 262. The molecule has 1 aromatic heterocycles. The van der Waals surface area contributed by atoms with Crippen LogP contribution in [0.15, 0.2) is 9.98 Å². The topological polar surface area (TPSA) is 48.1 Å². The monoisotopic (exact) mass is 250 g/mol. The minimum Gasteiger partial charge on any atom is -0.304 e. The van der Waals surface area contributed by atoms with Crippen LogP contribution in [-0.4, -0.2) is 11.6 Å². The highest BCUT2D eigenvalue weighted by Gasteiger charge is 2.24. The van der Waals surface area contributed by atoms with Crippen LogP contribution in [0.1, 0.15) is 18.9 Å². The Hall–Kier alpha value is 0.0300. The molecular formula is C7H11BrN2OS. The van der Waals surface area contributed by atoms with Crippen molar-refractivity contribution in [1.82, 2.24) is 4.98 Å². The molecule has 0 aliphatic rings. The van der Waals surface area contributed by atoms with Crippen molar-refractivity contribution in [1.29, 1.82) is 0 Å². The second-order valence-electron chi connectivity index (χ2n) is 3.16. The molecule has 0 amide bonds. The predicted octanol–water partition coefficient (Wildman–Crippen LogP) is 2.07. The molecule has 68 valence electrons. The Morgan fingerprint density at radius 3 is 2.83 bits per heavy atom. The summed E-state index contributed by atoms with van der Waals surface area (Å²) in [5, 5.41) is 1.03. The number of nitrogens with zero attached hydrogens (tertiary/aromatic N) is 1. The zero-order chi connectivity index (χ0) is 9.19. The largest absolute Gasteiger partial charge is 0.304 e. The van der Waals surface area contributed by atoms with Crippen LogP contribution in [0.5, 0.6) is 0 Å². The van der Waals surface area contributed by atoms with E-state index in [9.17, 15) is 0 Å². The fourth-order valence-electron chi connectivity index (χ4n) is 0.837. The summed E-state index contributed by atoms with van der Waals surface area (Å²) in [7, 11) is 0. The maximum atomic E-state index is 5.02. The molecule has 0 aliphatic carbocycles. The quantitative estimate of drug-likeness (QED) is 0.836. The highest BCUT2D eigenvalue weighted by molar-refractivity contribution is 9.11. The lowest BCUT2D eigenvalue weighted by molar-refractivity contribution is 0.0963. The molecule has 0 saturated carbocycles. The van der Waals surface area contributed by atoms with Crippen LogP contribution in [0, 0.1) is 0 Å². The second-order valence-corrected chi connectivity index (χ2v) is 5.57. The number of aromatic nitrogens is 1. The summed E-state index contributed by atoms with van der Waals surface area (Å²) < 4.78 is 1.03. The van der Waals surface area contributed by atoms with E-state index in [2.05, 4.69) is 25.8 Å². The van der Waals surface area contributed by atoms with Crippen molar-refractivity contribution in [2.45, 2.75) is 19.3 Å². The normalized spacial score (nSPS) is 12.0. The standard InChI is InChI=1S/C7H11BrN2OS/c1-7(2,4-11-9)6-10-3-5(8)12-6/h3H,4,9H2,1-2H3. The Balaban J connectivity index is 2.81. The molecule has 0 aliphatic heterocycles. The lowest BCUT2D eigenvalue weighted by Crippen LogP contribution is -2.25. The summed E-state index contributed by atoms with van der Waals surface area (Å²) in [6.45, 7) is 4.57. The Morgan fingerprint density at radius 1 is 1.75 bits per heavy atom. The summed E-state index contributed by atoms with van der Waals surface area (Å²) in [6, 6.07) is 0. The molecule has 0 spiro atoms. The van der Waals surface area contributed by atoms with Crippen LogP contribution in [0.25, 0.3) is 0 Å². The molecule has 2 N–H and O–H groups in total. The zero-order valence-corrected chi connectivity index (χ0v) is 9.41. The minimum absolute atomic E-state index is 0.106. The van der Waals surface area contributed by atoms with Crippen molar-refractivity contribution >= 4 is 27.3 Å². The number of hydrogen-bond donors (Lipinski definition) is 1. The Kier molecular flexibility index (Phi) is 3.22. The fourth-order valence-corrected chi connectivity index (χ4v) is 2.13. The molecule has 0 saturated heterocycles. The molecule has 1 heterocycles. The molecule has 0 radical (unpaired) electrons. The molecule has 0 aromatic carbocycles. The molecule has 0 fully saturated rings. The van der Waals surface area contributed by atoms with Crippen molar-refractivity contribution in [3.05, 3.63) is 15.0 Å². The molecule has 1 rings (SSSR count). The number of hydrogen-bond acceptors (Lipinski definition) is 4. The van der Waals surface area contributed by atoms with E-state index in [0.717, 1.165) is 8.79 Å². The van der Waals surface area contributed by atoms with Gasteiger partial charge in [-0.3, -0.25) is 0 Å². The lowest BCUT2D eigenvalue weighted by Gasteiger charge is -2.19. The van der Waals surface area contributed by atoms with Gasteiger partial charge in [0.25, 0.3) is 0 Å². The van der Waals surface area contributed by atoms with E-state index in [1.54, 1.807) is 17.5 Å². The van der Waals surface area contributed by atoms with E-state index in [1.165, 1.54) is 0 Å². The number of thiazole rings is 1. The van der Waals surface area contributed by atoms with Gasteiger partial charge in [-0.1, -0.05) is 13.8 Å². The maximum Gasteiger partial charge on any atom is 0.102 e. The van der Waals surface area contributed by atoms with Crippen LogP contribution in [0.3, 0.4) is 0 Å². The van der Waals surface area contributed by atoms with Crippen LogP contribution < -0.4 is 5.90 Å². The lowest BCUT2D eigenvalue weighted by atomic mass is 9.96. The van der Waals surface area contributed by atoms with Gasteiger partial charge in [-0.25, -0.2) is 10.9 Å². The minimum atomic E-state index is -0.106. The molecule has 3 nitrogen and oxygen atoms in total. The number of halogens is 1. The van der Waals surface area contributed by atoms with Gasteiger partial charge in [0.2, 0.25) is 0 Å².